The number of rotatable bonds is 8. The number of imidazole rings is 1. The van der Waals surface area contributed by atoms with E-state index in [0.717, 1.165) is 28.9 Å². The lowest BCUT2D eigenvalue weighted by Crippen LogP contribution is -2.08. The number of para-hydroxylation sites is 2. The van der Waals surface area contributed by atoms with E-state index < -0.39 is 0 Å². The lowest BCUT2D eigenvalue weighted by atomic mass is 10.1. The molecule has 0 fully saturated rings. The van der Waals surface area contributed by atoms with Crippen LogP contribution in [0.5, 0.6) is 0 Å². The second-order valence-electron chi connectivity index (χ2n) is 6.02. The van der Waals surface area contributed by atoms with Crippen LogP contribution in [-0.4, -0.2) is 25.5 Å². The number of hydrogen-bond donors (Lipinski definition) is 0. The lowest BCUT2D eigenvalue weighted by Gasteiger charge is -2.06. The van der Waals surface area contributed by atoms with E-state index in [0.29, 0.717) is 5.82 Å². The van der Waals surface area contributed by atoms with Crippen molar-refractivity contribution in [2.24, 2.45) is 0 Å². The van der Waals surface area contributed by atoms with Crippen molar-refractivity contribution in [3.63, 3.8) is 0 Å². The average molecular weight is 374 g/mol. The first-order valence-corrected chi connectivity index (χ1v) is 10.8. The second-order valence-corrected chi connectivity index (χ2v) is 7.78. The maximum Gasteiger partial charge on any atom is 0.291 e. The van der Waals surface area contributed by atoms with Crippen LogP contribution >= 0.6 is 23.1 Å². The fourth-order valence-corrected chi connectivity index (χ4v) is 4.18. The van der Waals surface area contributed by atoms with Gasteiger partial charge in [0.1, 0.15) is 5.69 Å². The highest BCUT2D eigenvalue weighted by atomic mass is 32.2. The summed E-state index contributed by atoms with van der Waals surface area (Å²) in [5.74, 6) is 1.50. The normalized spacial score (nSPS) is 11.2. The van der Waals surface area contributed by atoms with Crippen LogP contribution in [0.1, 0.15) is 45.4 Å². The maximum atomic E-state index is 12.8. The summed E-state index contributed by atoms with van der Waals surface area (Å²) in [6.45, 7) is 2.23. The largest absolute Gasteiger partial charge is 0.291 e. The van der Waals surface area contributed by atoms with Crippen molar-refractivity contribution in [1.82, 2.24) is 14.5 Å². The molecule has 3 rings (SSSR count). The highest BCUT2D eigenvalue weighted by Gasteiger charge is 2.19. The highest BCUT2D eigenvalue weighted by molar-refractivity contribution is 8.13. The molecule has 132 valence electrons. The molecule has 0 aliphatic carbocycles. The number of aromatic nitrogens is 3. The van der Waals surface area contributed by atoms with Crippen LogP contribution in [-0.2, 0) is 0 Å². The SMILES string of the molecule is CCCCCCCCSC(=O)n1c(-c2cscn2)nc2ccccc21. The minimum absolute atomic E-state index is 0.0326. The van der Waals surface area contributed by atoms with Crippen LogP contribution in [0.3, 0.4) is 0 Å². The van der Waals surface area contributed by atoms with Gasteiger partial charge in [-0.2, -0.15) is 0 Å². The zero-order valence-corrected chi connectivity index (χ0v) is 16.1. The first-order chi connectivity index (χ1) is 12.3. The van der Waals surface area contributed by atoms with Crippen molar-refractivity contribution in [3.05, 3.63) is 35.2 Å². The molecule has 0 amide bonds. The molecule has 2 aromatic heterocycles. The number of thiazole rings is 1. The third kappa shape index (κ3) is 4.50. The quantitative estimate of drug-likeness (QED) is 0.440. The Balaban J connectivity index is 1.69. The molecule has 2 heterocycles. The molecular weight excluding hydrogens is 350 g/mol. The minimum atomic E-state index is 0.0326. The van der Waals surface area contributed by atoms with Crippen molar-refractivity contribution in [2.45, 2.75) is 45.4 Å². The summed E-state index contributed by atoms with van der Waals surface area (Å²) in [4.78, 5) is 21.8. The first-order valence-electron chi connectivity index (χ1n) is 8.84. The average Bonchev–Trinajstić information content (AvgIpc) is 3.28. The molecule has 3 aromatic rings. The van der Waals surface area contributed by atoms with E-state index in [1.54, 1.807) is 10.1 Å². The number of carbonyl (C=O) groups is 1. The molecule has 0 unspecified atom stereocenters. The van der Waals surface area contributed by atoms with E-state index >= 15 is 0 Å². The third-order valence-electron chi connectivity index (χ3n) is 4.13. The molecule has 4 nitrogen and oxygen atoms in total. The summed E-state index contributed by atoms with van der Waals surface area (Å²) >= 11 is 2.90. The molecule has 0 radical (unpaired) electrons. The maximum absolute atomic E-state index is 12.8. The zero-order valence-electron chi connectivity index (χ0n) is 14.5. The van der Waals surface area contributed by atoms with Crippen LogP contribution in [0.2, 0.25) is 0 Å². The Hall–Kier alpha value is -1.66. The summed E-state index contributed by atoms with van der Waals surface area (Å²) in [7, 11) is 0. The Labute approximate surface area is 156 Å². The Bertz CT molecular complexity index is 811. The van der Waals surface area contributed by atoms with Gasteiger partial charge >= 0.3 is 0 Å². The van der Waals surface area contributed by atoms with Gasteiger partial charge in [-0.05, 0) is 18.6 Å². The molecule has 6 heteroatoms. The molecule has 0 spiro atoms. The Morgan fingerprint density at radius 2 is 1.96 bits per heavy atom. The van der Waals surface area contributed by atoms with Gasteiger partial charge in [0.2, 0.25) is 0 Å². The van der Waals surface area contributed by atoms with Gasteiger partial charge in [-0.25, -0.2) is 9.97 Å². The van der Waals surface area contributed by atoms with Crippen molar-refractivity contribution >= 4 is 39.4 Å². The molecule has 0 N–H and O–H groups in total. The third-order valence-corrected chi connectivity index (χ3v) is 5.64. The van der Waals surface area contributed by atoms with E-state index in [-0.39, 0.29) is 5.24 Å². The number of nitrogens with zero attached hydrogens (tertiary/aromatic N) is 3. The Morgan fingerprint density at radius 1 is 1.16 bits per heavy atom. The molecule has 0 saturated heterocycles. The molecular formula is C19H23N3OS2. The first kappa shape index (κ1) is 18.1. The summed E-state index contributed by atoms with van der Waals surface area (Å²) in [5.41, 5.74) is 4.21. The number of unbranched alkanes of at least 4 members (excludes halogenated alkanes) is 5. The predicted octanol–water partition coefficient (Wildman–Crippen LogP) is 6.22. The summed E-state index contributed by atoms with van der Waals surface area (Å²) in [5, 5.41) is 1.97. The smallest absolute Gasteiger partial charge is 0.261 e. The molecule has 0 saturated carbocycles. The monoisotopic (exact) mass is 373 g/mol. The molecule has 25 heavy (non-hydrogen) atoms. The van der Waals surface area contributed by atoms with Crippen LogP contribution in [0, 0.1) is 0 Å². The van der Waals surface area contributed by atoms with Gasteiger partial charge in [0.15, 0.2) is 5.82 Å². The molecule has 0 aliphatic heterocycles. The van der Waals surface area contributed by atoms with Crippen molar-refractivity contribution in [3.8, 4) is 11.5 Å². The summed E-state index contributed by atoms with van der Waals surface area (Å²) in [6, 6.07) is 7.77. The standard InChI is InChI=1S/C19H23N3OS2/c1-2-3-4-5-6-9-12-25-19(23)22-17-11-8-7-10-15(17)21-18(22)16-13-24-14-20-16/h7-8,10-11,13-14H,2-6,9,12H2,1H3. The topological polar surface area (TPSA) is 47.8 Å². The van der Waals surface area contributed by atoms with E-state index in [4.69, 9.17) is 0 Å². The molecule has 1 aromatic carbocycles. The van der Waals surface area contributed by atoms with Gasteiger partial charge in [-0.15, -0.1) is 11.3 Å². The van der Waals surface area contributed by atoms with Gasteiger partial charge in [-0.3, -0.25) is 9.36 Å². The van der Waals surface area contributed by atoms with Crippen LogP contribution in [0.15, 0.2) is 35.2 Å². The van der Waals surface area contributed by atoms with Gasteiger partial charge in [0, 0.05) is 11.1 Å². The van der Waals surface area contributed by atoms with Crippen LogP contribution < -0.4 is 0 Å². The van der Waals surface area contributed by atoms with Gasteiger partial charge in [-0.1, -0.05) is 62.9 Å². The zero-order chi connectivity index (χ0) is 17.5. The minimum Gasteiger partial charge on any atom is -0.261 e. The Kier molecular flexibility index (Phi) is 6.64. The van der Waals surface area contributed by atoms with Gasteiger partial charge in [0.05, 0.1) is 16.5 Å². The van der Waals surface area contributed by atoms with Crippen LogP contribution in [0.4, 0.5) is 4.79 Å². The molecule has 0 aliphatic rings. The second kappa shape index (κ2) is 9.15. The predicted molar refractivity (Wildman–Crippen MR) is 107 cm³/mol. The summed E-state index contributed by atoms with van der Waals surface area (Å²) in [6.07, 6.45) is 7.42. The van der Waals surface area contributed by atoms with Crippen molar-refractivity contribution in [2.75, 3.05) is 5.75 Å². The number of hydrogen-bond acceptors (Lipinski definition) is 5. The Morgan fingerprint density at radius 3 is 2.76 bits per heavy atom. The van der Waals surface area contributed by atoms with E-state index in [1.807, 2.05) is 29.6 Å². The number of carbonyl (C=O) groups excluding carboxylic acids is 1. The van der Waals surface area contributed by atoms with Crippen LogP contribution in [0.25, 0.3) is 22.6 Å². The summed E-state index contributed by atoms with van der Waals surface area (Å²) < 4.78 is 1.71. The number of fused-ring (bicyclic) bond motifs is 1. The van der Waals surface area contributed by atoms with Gasteiger partial charge in [0.25, 0.3) is 5.24 Å². The van der Waals surface area contributed by atoms with E-state index in [1.165, 1.54) is 55.2 Å². The fourth-order valence-electron chi connectivity index (χ4n) is 2.81. The fraction of sp³-hybridized carbons (Fsp3) is 0.421. The number of thioether (sulfide) groups is 1. The van der Waals surface area contributed by atoms with Crippen molar-refractivity contribution in [1.29, 1.82) is 0 Å². The number of benzene rings is 1. The van der Waals surface area contributed by atoms with Gasteiger partial charge < -0.3 is 0 Å². The van der Waals surface area contributed by atoms with E-state index in [2.05, 4.69) is 16.9 Å². The molecule has 0 atom stereocenters. The highest BCUT2D eigenvalue weighted by Crippen LogP contribution is 2.27. The van der Waals surface area contributed by atoms with E-state index in [9.17, 15) is 4.79 Å². The lowest BCUT2D eigenvalue weighted by molar-refractivity contribution is 0.263. The molecule has 0 bridgehead atoms. The van der Waals surface area contributed by atoms with Crippen molar-refractivity contribution < 1.29 is 4.79 Å².